The number of benzene rings is 2. The number of nitrogens with two attached hydrogens (primary N) is 1. The smallest absolute Gasteiger partial charge is 0.335 e. The molecule has 0 fully saturated rings. The van der Waals surface area contributed by atoms with Crippen molar-refractivity contribution in [2.45, 2.75) is 12.8 Å². The Hall–Kier alpha value is -2.49. The number of hydrogen-bond acceptors (Lipinski definition) is 3. The fraction of sp³-hybridized carbons (Fsp3) is 0.235. The lowest BCUT2D eigenvalue weighted by atomic mass is 10.0. The summed E-state index contributed by atoms with van der Waals surface area (Å²) in [5.74, 6) is -0.948. The van der Waals surface area contributed by atoms with E-state index in [0.29, 0.717) is 5.69 Å². The molecule has 3 rings (SSSR count). The van der Waals surface area contributed by atoms with Gasteiger partial charge in [0.15, 0.2) is 0 Å². The van der Waals surface area contributed by atoms with Crippen molar-refractivity contribution in [2.75, 3.05) is 23.7 Å². The molecule has 2 aromatic carbocycles. The highest BCUT2D eigenvalue weighted by Gasteiger charge is 2.16. The van der Waals surface area contributed by atoms with Crippen molar-refractivity contribution in [2.24, 2.45) is 0 Å². The Morgan fingerprint density at radius 1 is 1.05 bits per heavy atom. The zero-order chi connectivity index (χ0) is 14.8. The summed E-state index contributed by atoms with van der Waals surface area (Å²) in [6, 6.07) is 13.5. The molecule has 0 aliphatic carbocycles. The maximum Gasteiger partial charge on any atom is 0.335 e. The van der Waals surface area contributed by atoms with E-state index in [0.717, 1.165) is 31.6 Å². The number of hydrogen-bond donors (Lipinski definition) is 2. The van der Waals surface area contributed by atoms with E-state index in [1.165, 1.54) is 17.2 Å². The van der Waals surface area contributed by atoms with Gasteiger partial charge in [-0.1, -0.05) is 24.3 Å². The lowest BCUT2D eigenvalue weighted by Gasteiger charge is -2.24. The van der Waals surface area contributed by atoms with Gasteiger partial charge < -0.3 is 15.7 Å². The topological polar surface area (TPSA) is 66.6 Å². The molecule has 0 atom stereocenters. The Labute approximate surface area is 123 Å². The van der Waals surface area contributed by atoms with Gasteiger partial charge in [-0.25, -0.2) is 4.79 Å². The van der Waals surface area contributed by atoms with Gasteiger partial charge in [-0.3, -0.25) is 0 Å². The van der Waals surface area contributed by atoms with Crippen LogP contribution >= 0.6 is 0 Å². The summed E-state index contributed by atoms with van der Waals surface area (Å²) in [7, 11) is 0. The molecule has 0 radical (unpaired) electrons. The molecular weight excluding hydrogens is 264 g/mol. The quantitative estimate of drug-likeness (QED) is 0.831. The Morgan fingerprint density at radius 2 is 1.67 bits per heavy atom. The minimum Gasteiger partial charge on any atom is -0.478 e. The third-order valence-corrected chi connectivity index (χ3v) is 4.04. The summed E-state index contributed by atoms with van der Waals surface area (Å²) in [6.07, 6.45) is 1.96. The lowest BCUT2D eigenvalue weighted by molar-refractivity contribution is 0.0697. The highest BCUT2D eigenvalue weighted by molar-refractivity contribution is 5.90. The Morgan fingerprint density at radius 3 is 2.19 bits per heavy atom. The highest BCUT2D eigenvalue weighted by atomic mass is 16.4. The molecule has 1 heterocycles. The van der Waals surface area contributed by atoms with Crippen LogP contribution in [-0.2, 0) is 12.8 Å². The minimum atomic E-state index is -0.948. The van der Waals surface area contributed by atoms with Crippen LogP contribution in [-0.4, -0.2) is 24.2 Å². The maximum absolute atomic E-state index is 11.0. The molecule has 3 N–H and O–H groups in total. The van der Waals surface area contributed by atoms with Crippen LogP contribution in [0, 0.1) is 0 Å². The van der Waals surface area contributed by atoms with Crippen LogP contribution in [0.25, 0.3) is 0 Å². The molecular formula is C17H18N2O2. The maximum atomic E-state index is 11.0. The Kier molecular flexibility index (Phi) is 3.52. The second-order valence-corrected chi connectivity index (χ2v) is 5.33. The van der Waals surface area contributed by atoms with Gasteiger partial charge in [-0.2, -0.15) is 0 Å². The summed E-state index contributed by atoms with van der Waals surface area (Å²) in [4.78, 5) is 13.2. The first-order valence-corrected chi connectivity index (χ1v) is 7.09. The van der Waals surface area contributed by atoms with Crippen LogP contribution in [0.2, 0.25) is 0 Å². The number of aromatic carboxylic acids is 1. The zero-order valence-electron chi connectivity index (χ0n) is 11.7. The first-order valence-electron chi connectivity index (χ1n) is 7.09. The second-order valence-electron chi connectivity index (χ2n) is 5.33. The predicted molar refractivity (Wildman–Crippen MR) is 83.9 cm³/mol. The molecule has 2 aromatic rings. The largest absolute Gasteiger partial charge is 0.478 e. The SMILES string of the molecule is Nc1cc(C(=O)O)ccc1N1CCc2ccccc2CC1. The van der Waals surface area contributed by atoms with Gasteiger partial charge in [0, 0.05) is 13.1 Å². The number of nitrogen functional groups attached to an aromatic ring is 1. The van der Waals surface area contributed by atoms with Gasteiger partial charge in [0.1, 0.15) is 0 Å². The fourth-order valence-corrected chi connectivity index (χ4v) is 2.88. The molecule has 1 aliphatic rings. The van der Waals surface area contributed by atoms with Crippen molar-refractivity contribution >= 4 is 17.3 Å². The monoisotopic (exact) mass is 282 g/mol. The van der Waals surface area contributed by atoms with Gasteiger partial charge in [0.25, 0.3) is 0 Å². The number of rotatable bonds is 2. The van der Waals surface area contributed by atoms with Crippen LogP contribution in [0.4, 0.5) is 11.4 Å². The van der Waals surface area contributed by atoms with Gasteiger partial charge in [0.2, 0.25) is 0 Å². The van der Waals surface area contributed by atoms with Crippen molar-refractivity contribution < 1.29 is 9.90 Å². The number of carboxylic acids is 1. The van der Waals surface area contributed by atoms with Crippen molar-refractivity contribution in [3.05, 3.63) is 59.2 Å². The van der Waals surface area contributed by atoms with E-state index in [1.807, 2.05) is 6.07 Å². The molecule has 0 saturated carbocycles. The van der Waals surface area contributed by atoms with E-state index in [-0.39, 0.29) is 5.56 Å². The molecule has 0 aromatic heterocycles. The summed E-state index contributed by atoms with van der Waals surface area (Å²) in [5.41, 5.74) is 10.5. The number of anilines is 2. The van der Waals surface area contributed by atoms with Gasteiger partial charge in [-0.15, -0.1) is 0 Å². The van der Waals surface area contributed by atoms with E-state index < -0.39 is 5.97 Å². The molecule has 0 saturated heterocycles. The normalized spacial score (nSPS) is 14.4. The standard InChI is InChI=1S/C17H18N2O2/c18-15-11-14(17(20)21)5-6-16(15)19-9-7-12-3-1-2-4-13(12)8-10-19/h1-6,11H,7-10,18H2,(H,20,21). The van der Waals surface area contributed by atoms with Crippen molar-refractivity contribution in [1.29, 1.82) is 0 Å². The minimum absolute atomic E-state index is 0.231. The summed E-state index contributed by atoms with van der Waals surface area (Å²) in [5, 5.41) is 9.00. The second kappa shape index (κ2) is 5.48. The van der Waals surface area contributed by atoms with Crippen LogP contribution in [0.1, 0.15) is 21.5 Å². The van der Waals surface area contributed by atoms with Crippen molar-refractivity contribution in [3.63, 3.8) is 0 Å². The molecule has 4 nitrogen and oxygen atoms in total. The number of fused-ring (bicyclic) bond motifs is 1. The van der Waals surface area contributed by atoms with Crippen LogP contribution in [0.15, 0.2) is 42.5 Å². The van der Waals surface area contributed by atoms with E-state index in [9.17, 15) is 4.79 Å². The number of carboxylic acid groups (broad SMARTS) is 1. The van der Waals surface area contributed by atoms with Gasteiger partial charge in [-0.05, 0) is 42.2 Å². The van der Waals surface area contributed by atoms with Crippen molar-refractivity contribution in [3.8, 4) is 0 Å². The van der Waals surface area contributed by atoms with E-state index >= 15 is 0 Å². The third kappa shape index (κ3) is 2.70. The zero-order valence-corrected chi connectivity index (χ0v) is 11.7. The van der Waals surface area contributed by atoms with Crippen LogP contribution in [0.3, 0.4) is 0 Å². The molecule has 1 aliphatic heterocycles. The molecule has 0 unspecified atom stereocenters. The Balaban J connectivity index is 1.84. The average Bonchev–Trinajstić information content (AvgIpc) is 2.70. The number of nitrogens with zero attached hydrogens (tertiary/aromatic N) is 1. The molecule has 0 amide bonds. The third-order valence-electron chi connectivity index (χ3n) is 4.04. The fourth-order valence-electron chi connectivity index (χ4n) is 2.88. The molecule has 4 heteroatoms. The van der Waals surface area contributed by atoms with E-state index in [2.05, 4.69) is 29.2 Å². The Bertz CT molecular complexity index is 655. The highest BCUT2D eigenvalue weighted by Crippen LogP contribution is 2.27. The van der Waals surface area contributed by atoms with Crippen molar-refractivity contribution in [1.82, 2.24) is 0 Å². The predicted octanol–water partition coefficient (Wildman–Crippen LogP) is 2.57. The van der Waals surface area contributed by atoms with Crippen LogP contribution in [0.5, 0.6) is 0 Å². The summed E-state index contributed by atoms with van der Waals surface area (Å²) < 4.78 is 0. The van der Waals surface area contributed by atoms with E-state index in [4.69, 9.17) is 10.8 Å². The average molecular weight is 282 g/mol. The summed E-state index contributed by atoms with van der Waals surface area (Å²) in [6.45, 7) is 1.79. The number of carbonyl (C=O) groups is 1. The van der Waals surface area contributed by atoms with Gasteiger partial charge in [0.05, 0.1) is 16.9 Å². The van der Waals surface area contributed by atoms with E-state index in [1.54, 1.807) is 6.07 Å². The first-order chi connectivity index (χ1) is 10.1. The first kappa shape index (κ1) is 13.5. The molecule has 108 valence electrons. The lowest BCUT2D eigenvalue weighted by Crippen LogP contribution is -2.27. The molecule has 21 heavy (non-hydrogen) atoms. The van der Waals surface area contributed by atoms with Gasteiger partial charge >= 0.3 is 5.97 Å². The van der Waals surface area contributed by atoms with Crippen LogP contribution < -0.4 is 10.6 Å². The molecule has 0 bridgehead atoms. The molecule has 0 spiro atoms. The summed E-state index contributed by atoms with van der Waals surface area (Å²) >= 11 is 0.